The third-order valence-electron chi connectivity index (χ3n) is 12.3. The Morgan fingerprint density at radius 1 is 0.971 bits per heavy atom. The zero-order chi connectivity index (χ0) is 24.9. The van der Waals surface area contributed by atoms with E-state index in [-0.39, 0.29) is 45.0 Å². The van der Waals surface area contributed by atoms with Gasteiger partial charge in [0.1, 0.15) is 0 Å². The highest BCUT2D eigenvalue weighted by Gasteiger charge is 2.66. The first kappa shape index (κ1) is 23.9. The molecule has 3 fully saturated rings. The Kier molecular flexibility index (Phi) is 4.99. The summed E-state index contributed by atoms with van der Waals surface area (Å²) in [4.78, 5) is 25.1. The van der Waals surface area contributed by atoms with E-state index in [0.717, 1.165) is 56.1 Å². The van der Waals surface area contributed by atoms with Gasteiger partial charge in [0, 0.05) is 17.8 Å². The molecule has 2 unspecified atom stereocenters. The van der Waals surface area contributed by atoms with Crippen LogP contribution in [0.25, 0.3) is 0 Å². The number of aliphatic hydroxyl groups excluding tert-OH is 1. The van der Waals surface area contributed by atoms with Crippen LogP contribution in [-0.4, -0.2) is 16.8 Å². The van der Waals surface area contributed by atoms with E-state index in [1.807, 2.05) is 6.92 Å². The molecule has 1 amide bonds. The fourth-order valence-corrected chi connectivity index (χ4v) is 9.41. The van der Waals surface area contributed by atoms with Gasteiger partial charge in [-0.15, -0.1) is 0 Å². The number of rotatable bonds is 1. The third-order valence-corrected chi connectivity index (χ3v) is 12.3. The second kappa shape index (κ2) is 7.11. The lowest BCUT2D eigenvalue weighted by Crippen LogP contribution is -2.60. The Morgan fingerprint density at radius 3 is 2.32 bits per heavy atom. The summed E-state index contributed by atoms with van der Waals surface area (Å²) in [5.41, 5.74) is 9.31. The summed E-state index contributed by atoms with van der Waals surface area (Å²) in [5, 5.41) is 10.3. The molecule has 0 radical (unpaired) electrons. The summed E-state index contributed by atoms with van der Waals surface area (Å²) in [6, 6.07) is 0. The average molecular weight is 466 g/mol. The van der Waals surface area contributed by atoms with Crippen LogP contribution in [0, 0.1) is 38.9 Å². The van der Waals surface area contributed by atoms with Crippen LogP contribution in [0.5, 0.6) is 0 Å². The molecular formula is C30H43NO3. The molecule has 34 heavy (non-hydrogen) atoms. The molecule has 186 valence electrons. The molecule has 7 atom stereocenters. The second-order valence-corrected chi connectivity index (χ2v) is 13.7. The van der Waals surface area contributed by atoms with E-state index >= 15 is 0 Å². The van der Waals surface area contributed by atoms with Crippen molar-refractivity contribution in [3.8, 4) is 0 Å². The highest BCUT2D eigenvalue weighted by molar-refractivity contribution is 5.96. The first-order chi connectivity index (χ1) is 15.7. The zero-order valence-electron chi connectivity index (χ0n) is 22.0. The predicted molar refractivity (Wildman–Crippen MR) is 135 cm³/mol. The number of carbonyl (C=O) groups excluding carboxylic acids is 2. The lowest BCUT2D eigenvalue weighted by atomic mass is 9.36. The predicted octanol–water partition coefficient (Wildman–Crippen LogP) is 6.57. The summed E-state index contributed by atoms with van der Waals surface area (Å²) < 4.78 is 0. The van der Waals surface area contributed by atoms with E-state index in [4.69, 9.17) is 5.73 Å². The molecule has 3 saturated carbocycles. The van der Waals surface area contributed by atoms with E-state index in [1.54, 1.807) is 0 Å². The number of ketones is 1. The Morgan fingerprint density at radius 2 is 1.65 bits per heavy atom. The molecule has 4 nitrogen and oxygen atoms in total. The van der Waals surface area contributed by atoms with Gasteiger partial charge >= 0.3 is 0 Å². The zero-order valence-corrected chi connectivity index (χ0v) is 22.0. The van der Waals surface area contributed by atoms with Crippen LogP contribution in [0.15, 0.2) is 34.6 Å². The fraction of sp³-hybridized carbons (Fsp3) is 0.733. The van der Waals surface area contributed by atoms with Crippen molar-refractivity contribution in [1.29, 1.82) is 0 Å². The SMILES string of the molecule is CC1=C(O)C(=O)CC2C1=CC=C1[C@@]2(C)CC[C@@]2(C)[C@H]3CC[C@](C)(C(N)=O)CCC3(C)CC[C@]12C. The van der Waals surface area contributed by atoms with Crippen molar-refractivity contribution >= 4 is 11.7 Å². The largest absolute Gasteiger partial charge is 0.504 e. The number of fused-ring (bicyclic) bond motifs is 7. The van der Waals surface area contributed by atoms with Crippen LogP contribution >= 0.6 is 0 Å². The van der Waals surface area contributed by atoms with Crippen molar-refractivity contribution in [2.75, 3.05) is 0 Å². The number of hydrogen-bond donors (Lipinski definition) is 2. The molecule has 4 heteroatoms. The lowest BCUT2D eigenvalue weighted by molar-refractivity contribution is -0.138. The molecule has 0 saturated heterocycles. The van der Waals surface area contributed by atoms with Crippen molar-refractivity contribution in [3.05, 3.63) is 34.6 Å². The Balaban J connectivity index is 1.59. The molecule has 0 aromatic carbocycles. The maximum atomic E-state index is 12.7. The number of primary amides is 1. The molecule has 5 aliphatic carbocycles. The van der Waals surface area contributed by atoms with Gasteiger partial charge in [-0.3, -0.25) is 9.59 Å². The van der Waals surface area contributed by atoms with E-state index in [0.29, 0.717) is 12.3 Å². The van der Waals surface area contributed by atoms with Gasteiger partial charge in [0.2, 0.25) is 5.91 Å². The van der Waals surface area contributed by atoms with Crippen LogP contribution < -0.4 is 5.73 Å². The molecule has 5 aliphatic rings. The van der Waals surface area contributed by atoms with Crippen LogP contribution in [0.1, 0.15) is 99.3 Å². The maximum absolute atomic E-state index is 12.7. The molecule has 0 spiro atoms. The topological polar surface area (TPSA) is 80.4 Å². The molecule has 0 aromatic heterocycles. The Labute approximate surface area is 205 Å². The molecule has 5 rings (SSSR count). The Bertz CT molecular complexity index is 1070. The van der Waals surface area contributed by atoms with Gasteiger partial charge in [-0.05, 0) is 97.0 Å². The van der Waals surface area contributed by atoms with Crippen LogP contribution in [0.4, 0.5) is 0 Å². The minimum Gasteiger partial charge on any atom is -0.504 e. The monoisotopic (exact) mass is 465 g/mol. The summed E-state index contributed by atoms with van der Waals surface area (Å²) in [6.45, 7) is 13.9. The maximum Gasteiger partial charge on any atom is 0.223 e. The van der Waals surface area contributed by atoms with E-state index in [1.165, 1.54) is 12.0 Å². The quantitative estimate of drug-likeness (QED) is 0.460. The normalized spacial score (nSPS) is 48.5. The van der Waals surface area contributed by atoms with Gasteiger partial charge in [-0.1, -0.05) is 52.3 Å². The number of hydrogen-bond acceptors (Lipinski definition) is 3. The van der Waals surface area contributed by atoms with Crippen molar-refractivity contribution in [3.63, 3.8) is 0 Å². The third kappa shape index (κ3) is 2.83. The molecule has 0 aromatic rings. The van der Waals surface area contributed by atoms with Gasteiger partial charge in [-0.2, -0.15) is 0 Å². The van der Waals surface area contributed by atoms with Crippen LogP contribution in [-0.2, 0) is 9.59 Å². The van der Waals surface area contributed by atoms with Crippen molar-refractivity contribution in [1.82, 2.24) is 0 Å². The highest BCUT2D eigenvalue weighted by Crippen LogP contribution is 2.75. The van der Waals surface area contributed by atoms with E-state index in [2.05, 4.69) is 46.8 Å². The minimum atomic E-state index is -0.396. The molecule has 0 heterocycles. The van der Waals surface area contributed by atoms with Crippen LogP contribution in [0.2, 0.25) is 0 Å². The number of allylic oxidation sites excluding steroid dienone is 6. The molecule has 3 N–H and O–H groups in total. The number of Topliss-reactive ketones (excluding diaryl/α,β-unsaturated/α-hetero) is 1. The van der Waals surface area contributed by atoms with Crippen molar-refractivity contribution < 1.29 is 14.7 Å². The van der Waals surface area contributed by atoms with Gasteiger partial charge in [-0.25, -0.2) is 0 Å². The number of aliphatic hydroxyl groups is 1. The fourth-order valence-electron chi connectivity index (χ4n) is 9.41. The summed E-state index contributed by atoms with van der Waals surface area (Å²) >= 11 is 0. The highest BCUT2D eigenvalue weighted by atomic mass is 16.3. The van der Waals surface area contributed by atoms with Gasteiger partial charge in [0.05, 0.1) is 0 Å². The van der Waals surface area contributed by atoms with Gasteiger partial charge in [0.15, 0.2) is 11.5 Å². The van der Waals surface area contributed by atoms with Crippen molar-refractivity contribution in [2.45, 2.75) is 99.3 Å². The smallest absolute Gasteiger partial charge is 0.223 e. The standard InChI is InChI=1S/C30H43NO3/c1-18-19-7-8-23-28(4,20(19)17-21(32)24(18)33)14-16-29(5)22-9-10-27(3,25(31)34)12-11-26(22,2)13-15-30(23,29)6/h7-8,20,22,33H,9-17H2,1-6H3,(H2,31,34)/t20?,22-,26?,27-,28-,29-,30+/m0/s1. The van der Waals surface area contributed by atoms with E-state index < -0.39 is 5.41 Å². The van der Waals surface area contributed by atoms with Crippen LogP contribution in [0.3, 0.4) is 0 Å². The summed E-state index contributed by atoms with van der Waals surface area (Å²) in [6.07, 6.45) is 13.4. The first-order valence-electron chi connectivity index (χ1n) is 13.4. The first-order valence-corrected chi connectivity index (χ1v) is 13.4. The Hall–Kier alpha value is -1.84. The number of nitrogens with two attached hydrogens (primary N) is 1. The minimum absolute atomic E-state index is 0.0424. The molecule has 0 bridgehead atoms. The van der Waals surface area contributed by atoms with E-state index in [9.17, 15) is 14.7 Å². The number of carbonyl (C=O) groups is 2. The number of amides is 1. The molecule has 0 aliphatic heterocycles. The molecular weight excluding hydrogens is 422 g/mol. The lowest BCUT2D eigenvalue weighted by Gasteiger charge is -2.68. The average Bonchev–Trinajstić information content (AvgIpc) is 2.92. The van der Waals surface area contributed by atoms with Crippen molar-refractivity contribution in [2.24, 2.45) is 44.6 Å². The summed E-state index contributed by atoms with van der Waals surface area (Å²) in [7, 11) is 0. The summed E-state index contributed by atoms with van der Waals surface area (Å²) in [5.74, 6) is 0.415. The van der Waals surface area contributed by atoms with Gasteiger partial charge in [0.25, 0.3) is 0 Å². The second-order valence-electron chi connectivity index (χ2n) is 13.7. The van der Waals surface area contributed by atoms with Gasteiger partial charge < -0.3 is 10.8 Å².